The van der Waals surface area contributed by atoms with Gasteiger partial charge in [-0.3, -0.25) is 20.3 Å². The fourth-order valence-corrected chi connectivity index (χ4v) is 1.31. The number of ether oxygens (including phenoxy) is 1. The van der Waals surface area contributed by atoms with E-state index in [1.807, 2.05) is 0 Å². The molecule has 2 rings (SSSR count). The van der Waals surface area contributed by atoms with Crippen LogP contribution in [0.5, 0.6) is 0 Å². The summed E-state index contributed by atoms with van der Waals surface area (Å²) in [5, 5.41) is 14.4. The molecule has 7 heteroatoms. The third-order valence-electron chi connectivity index (χ3n) is 2.17. The number of carbonyl (C=O) groups is 1. The Labute approximate surface area is 96.2 Å². The molecule has 0 radical (unpaired) electrons. The highest BCUT2D eigenvalue weighted by Gasteiger charge is 2.18. The van der Waals surface area contributed by atoms with Crippen LogP contribution in [0.2, 0.25) is 0 Å². The van der Waals surface area contributed by atoms with E-state index in [0.717, 1.165) is 0 Å². The highest BCUT2D eigenvalue weighted by molar-refractivity contribution is 6.04. The van der Waals surface area contributed by atoms with Crippen molar-refractivity contribution in [2.75, 3.05) is 12.0 Å². The van der Waals surface area contributed by atoms with Gasteiger partial charge in [-0.1, -0.05) is 0 Å². The number of hydrogen-bond acceptors (Lipinski definition) is 6. The summed E-state index contributed by atoms with van der Waals surface area (Å²) in [4.78, 5) is 20.7. The monoisotopic (exact) mass is 235 g/mol. The first kappa shape index (κ1) is 11.1. The molecule has 1 aliphatic rings. The Bertz CT molecular complexity index is 481. The van der Waals surface area contributed by atoms with Gasteiger partial charge in [-0.25, -0.2) is 0 Å². The quantitative estimate of drug-likeness (QED) is 0.484. The molecule has 88 valence electrons. The lowest BCUT2D eigenvalue weighted by Crippen LogP contribution is -2.01. The minimum Gasteiger partial charge on any atom is -0.459 e. The van der Waals surface area contributed by atoms with Gasteiger partial charge < -0.3 is 4.74 Å². The van der Waals surface area contributed by atoms with Gasteiger partial charge in [-0.2, -0.15) is 5.10 Å². The van der Waals surface area contributed by atoms with Gasteiger partial charge in [-0.15, -0.1) is 0 Å². The van der Waals surface area contributed by atoms with Crippen molar-refractivity contribution in [1.29, 1.82) is 0 Å². The second-order valence-electron chi connectivity index (χ2n) is 3.43. The van der Waals surface area contributed by atoms with Crippen molar-refractivity contribution >= 4 is 23.1 Å². The van der Waals surface area contributed by atoms with Gasteiger partial charge in [0.25, 0.3) is 5.69 Å². The number of nitrogens with one attached hydrogen (secondary N) is 1. The number of hydrazone groups is 1. The number of rotatable bonds is 3. The maximum absolute atomic E-state index is 10.8. The number of carbonyl (C=O) groups excluding carboxylic acids is 1. The highest BCUT2D eigenvalue weighted by atomic mass is 16.6. The van der Waals surface area contributed by atoms with Gasteiger partial charge in [0.15, 0.2) is 0 Å². The molecule has 1 N–H and O–H groups in total. The van der Waals surface area contributed by atoms with Crippen molar-refractivity contribution in [1.82, 2.24) is 0 Å². The average Bonchev–Trinajstić information content (AvgIpc) is 2.73. The number of benzene rings is 1. The summed E-state index contributed by atoms with van der Waals surface area (Å²) in [5.41, 5.74) is 3.94. The Kier molecular flexibility index (Phi) is 2.99. The lowest BCUT2D eigenvalue weighted by atomic mass is 10.3. The molecule has 0 unspecified atom stereocenters. The SMILES string of the molecule is O=C1CC(=NNc2ccc([N+](=O)[O-])cc2)CO1. The molecule has 0 aliphatic carbocycles. The largest absolute Gasteiger partial charge is 0.459 e. The Balaban J connectivity index is 2.00. The molecule has 1 aliphatic heterocycles. The van der Waals surface area contributed by atoms with Gasteiger partial charge in [0.05, 0.1) is 22.7 Å². The normalized spacial score (nSPS) is 16.9. The minimum atomic E-state index is -0.473. The molecule has 1 aromatic rings. The highest BCUT2D eigenvalue weighted by Crippen LogP contribution is 2.15. The average molecular weight is 235 g/mol. The van der Waals surface area contributed by atoms with E-state index in [9.17, 15) is 14.9 Å². The molecule has 0 saturated carbocycles. The Morgan fingerprint density at radius 1 is 1.35 bits per heavy atom. The summed E-state index contributed by atoms with van der Waals surface area (Å²) >= 11 is 0. The van der Waals surface area contributed by atoms with Crippen molar-refractivity contribution in [2.24, 2.45) is 5.10 Å². The molecule has 0 aromatic heterocycles. The van der Waals surface area contributed by atoms with E-state index in [-0.39, 0.29) is 24.7 Å². The van der Waals surface area contributed by atoms with Crippen LogP contribution in [0.15, 0.2) is 29.4 Å². The maximum atomic E-state index is 10.8. The first-order valence-corrected chi connectivity index (χ1v) is 4.86. The topological polar surface area (TPSA) is 93.8 Å². The number of non-ortho nitro benzene ring substituents is 1. The van der Waals surface area contributed by atoms with Gasteiger partial charge >= 0.3 is 5.97 Å². The molecular formula is C10H9N3O4. The van der Waals surface area contributed by atoms with Crippen LogP contribution >= 0.6 is 0 Å². The van der Waals surface area contributed by atoms with Crippen molar-refractivity contribution < 1.29 is 14.5 Å². The zero-order valence-corrected chi connectivity index (χ0v) is 8.75. The predicted octanol–water partition coefficient (Wildman–Crippen LogP) is 1.31. The molecule has 7 nitrogen and oxygen atoms in total. The molecule has 1 aromatic carbocycles. The molecule has 0 atom stereocenters. The predicted molar refractivity (Wildman–Crippen MR) is 59.7 cm³/mol. The van der Waals surface area contributed by atoms with Crippen molar-refractivity contribution in [3.63, 3.8) is 0 Å². The molecule has 1 fully saturated rings. The van der Waals surface area contributed by atoms with Crippen molar-refractivity contribution in [3.8, 4) is 0 Å². The fraction of sp³-hybridized carbons (Fsp3) is 0.200. The van der Waals surface area contributed by atoms with Crippen molar-refractivity contribution in [3.05, 3.63) is 34.4 Å². The van der Waals surface area contributed by atoms with Crippen LogP contribution in [0, 0.1) is 10.1 Å². The molecular weight excluding hydrogens is 226 g/mol. The Hall–Kier alpha value is -2.44. The summed E-state index contributed by atoms with van der Waals surface area (Å²) < 4.78 is 4.71. The van der Waals surface area contributed by atoms with Crippen LogP contribution in [0.4, 0.5) is 11.4 Å². The third-order valence-corrected chi connectivity index (χ3v) is 2.17. The number of hydrogen-bond donors (Lipinski definition) is 1. The summed E-state index contributed by atoms with van der Waals surface area (Å²) in [6, 6.07) is 5.83. The molecule has 17 heavy (non-hydrogen) atoms. The van der Waals surface area contributed by atoms with E-state index < -0.39 is 4.92 Å². The lowest BCUT2D eigenvalue weighted by molar-refractivity contribution is -0.384. The first-order valence-electron chi connectivity index (χ1n) is 4.86. The van der Waals surface area contributed by atoms with Crippen LogP contribution in [0.1, 0.15) is 6.42 Å². The number of nitro groups is 1. The van der Waals surface area contributed by atoms with Gasteiger partial charge in [0, 0.05) is 12.1 Å². The van der Waals surface area contributed by atoms with E-state index in [2.05, 4.69) is 10.5 Å². The number of nitro benzene ring substituents is 1. The second-order valence-corrected chi connectivity index (χ2v) is 3.43. The van der Waals surface area contributed by atoms with E-state index in [4.69, 9.17) is 4.74 Å². The Morgan fingerprint density at radius 2 is 2.06 bits per heavy atom. The molecule has 1 saturated heterocycles. The summed E-state index contributed by atoms with van der Waals surface area (Å²) in [7, 11) is 0. The van der Waals surface area contributed by atoms with Crippen LogP contribution in [-0.4, -0.2) is 23.2 Å². The van der Waals surface area contributed by atoms with Gasteiger partial charge in [0.1, 0.15) is 6.61 Å². The van der Waals surface area contributed by atoms with Crippen LogP contribution in [0.3, 0.4) is 0 Å². The number of cyclic esters (lactones) is 1. The number of esters is 1. The van der Waals surface area contributed by atoms with Crippen LogP contribution in [-0.2, 0) is 9.53 Å². The summed E-state index contributed by atoms with van der Waals surface area (Å²) in [5.74, 6) is -0.297. The number of anilines is 1. The molecule has 1 heterocycles. The van der Waals surface area contributed by atoms with Crippen LogP contribution in [0.25, 0.3) is 0 Å². The zero-order valence-electron chi connectivity index (χ0n) is 8.75. The van der Waals surface area contributed by atoms with E-state index >= 15 is 0 Å². The second kappa shape index (κ2) is 4.60. The molecule has 0 bridgehead atoms. The van der Waals surface area contributed by atoms with E-state index in [1.165, 1.54) is 12.1 Å². The standard InChI is InChI=1S/C10H9N3O4/c14-10-5-8(6-17-10)12-11-7-1-3-9(4-2-7)13(15)16/h1-4,11H,5-6H2. The maximum Gasteiger partial charge on any atom is 0.312 e. The summed E-state index contributed by atoms with van der Waals surface area (Å²) in [6.45, 7) is 0.193. The third kappa shape index (κ3) is 2.77. The van der Waals surface area contributed by atoms with Crippen molar-refractivity contribution in [2.45, 2.75) is 6.42 Å². The van der Waals surface area contributed by atoms with Gasteiger partial charge in [0.2, 0.25) is 0 Å². The smallest absolute Gasteiger partial charge is 0.312 e. The molecule has 0 spiro atoms. The van der Waals surface area contributed by atoms with Crippen LogP contribution < -0.4 is 5.43 Å². The number of nitrogens with zero attached hydrogens (tertiary/aromatic N) is 2. The van der Waals surface area contributed by atoms with Gasteiger partial charge in [-0.05, 0) is 12.1 Å². The first-order chi connectivity index (χ1) is 8.15. The Morgan fingerprint density at radius 3 is 2.59 bits per heavy atom. The van der Waals surface area contributed by atoms with E-state index in [0.29, 0.717) is 11.4 Å². The fourth-order valence-electron chi connectivity index (χ4n) is 1.31. The zero-order chi connectivity index (χ0) is 12.3. The lowest BCUT2D eigenvalue weighted by Gasteiger charge is -2.00. The minimum absolute atomic E-state index is 0.0163. The molecule has 0 amide bonds. The van der Waals surface area contributed by atoms with E-state index in [1.54, 1.807) is 12.1 Å². The summed E-state index contributed by atoms with van der Waals surface area (Å²) in [6.07, 6.45) is 0.181.